The van der Waals surface area contributed by atoms with Crippen LogP contribution in [0.1, 0.15) is 61.8 Å². The van der Waals surface area contributed by atoms with Gasteiger partial charge in [0.2, 0.25) is 0 Å². The number of carbonyl (C=O) groups is 2. The second-order valence-electron chi connectivity index (χ2n) is 7.88. The maximum Gasteiger partial charge on any atom is 0.325 e. The SMILES string of the molecule is CC(C)COC(=O)C(CC(=O)OC(C(C)C)C(C)C)(SOOO)C(C)C. The molecule has 0 fully saturated rings. The van der Waals surface area contributed by atoms with Crippen LogP contribution in [-0.2, 0) is 28.4 Å². The van der Waals surface area contributed by atoms with Crippen LogP contribution in [0.2, 0.25) is 0 Å². The van der Waals surface area contributed by atoms with E-state index in [0.29, 0.717) is 12.0 Å². The van der Waals surface area contributed by atoms with Crippen LogP contribution in [0.15, 0.2) is 0 Å². The van der Waals surface area contributed by atoms with Gasteiger partial charge in [0.15, 0.2) is 4.75 Å². The number of carbonyl (C=O) groups excluding carboxylic acids is 2. The van der Waals surface area contributed by atoms with Crippen molar-refractivity contribution in [1.29, 1.82) is 0 Å². The Morgan fingerprint density at radius 1 is 1.00 bits per heavy atom. The Bertz CT molecular complexity index is 429. The van der Waals surface area contributed by atoms with E-state index in [-0.39, 0.29) is 42.8 Å². The molecule has 7 nitrogen and oxygen atoms in total. The first-order chi connectivity index (χ1) is 12.0. The fourth-order valence-corrected chi connectivity index (χ4v) is 3.21. The Morgan fingerprint density at radius 3 is 1.92 bits per heavy atom. The van der Waals surface area contributed by atoms with E-state index in [1.165, 1.54) is 0 Å². The van der Waals surface area contributed by atoms with E-state index in [9.17, 15) is 9.59 Å². The summed E-state index contributed by atoms with van der Waals surface area (Å²) in [5.41, 5.74) is 0. The lowest BCUT2D eigenvalue weighted by Crippen LogP contribution is -2.45. The van der Waals surface area contributed by atoms with Gasteiger partial charge in [-0.05, 0) is 23.7 Å². The van der Waals surface area contributed by atoms with E-state index in [4.69, 9.17) is 14.7 Å². The quantitative estimate of drug-likeness (QED) is 0.227. The minimum Gasteiger partial charge on any atom is -0.464 e. The van der Waals surface area contributed by atoms with E-state index in [1.807, 2.05) is 41.5 Å². The van der Waals surface area contributed by atoms with Crippen LogP contribution in [0.3, 0.4) is 0 Å². The molecule has 0 aromatic heterocycles. The molecule has 0 aromatic rings. The summed E-state index contributed by atoms with van der Waals surface area (Å²) in [7, 11) is 0. The third-order valence-corrected chi connectivity index (χ3v) is 5.24. The molecule has 26 heavy (non-hydrogen) atoms. The first-order valence-corrected chi connectivity index (χ1v) is 9.74. The van der Waals surface area contributed by atoms with Gasteiger partial charge >= 0.3 is 11.9 Å². The Hall–Kier alpha value is -0.830. The van der Waals surface area contributed by atoms with E-state index in [0.717, 1.165) is 0 Å². The number of esters is 2. The molecule has 1 unspecified atom stereocenters. The van der Waals surface area contributed by atoms with Gasteiger partial charge in [0.25, 0.3) is 0 Å². The van der Waals surface area contributed by atoms with E-state index < -0.39 is 16.7 Å². The predicted octanol–water partition coefficient (Wildman–Crippen LogP) is 4.26. The predicted molar refractivity (Wildman–Crippen MR) is 99.9 cm³/mol. The monoisotopic (exact) mass is 394 g/mol. The Morgan fingerprint density at radius 2 is 1.54 bits per heavy atom. The van der Waals surface area contributed by atoms with Crippen molar-refractivity contribution in [1.82, 2.24) is 0 Å². The average Bonchev–Trinajstić information content (AvgIpc) is 2.53. The summed E-state index contributed by atoms with van der Waals surface area (Å²) in [5.74, 6) is -1.05. The summed E-state index contributed by atoms with van der Waals surface area (Å²) in [4.78, 5) is 25.3. The molecule has 8 heteroatoms. The minimum atomic E-state index is -1.40. The molecular formula is C18H34O7S. The van der Waals surface area contributed by atoms with Gasteiger partial charge in [-0.15, -0.1) is 4.33 Å². The molecule has 0 saturated heterocycles. The number of hydrogen-bond acceptors (Lipinski definition) is 8. The molecule has 0 aliphatic heterocycles. The van der Waals surface area contributed by atoms with Crippen LogP contribution >= 0.6 is 12.0 Å². The molecule has 0 bridgehead atoms. The third kappa shape index (κ3) is 7.82. The third-order valence-electron chi connectivity index (χ3n) is 4.03. The van der Waals surface area contributed by atoms with E-state index in [2.05, 4.69) is 9.37 Å². The lowest BCUT2D eigenvalue weighted by atomic mass is 9.91. The van der Waals surface area contributed by atoms with Crippen molar-refractivity contribution in [3.8, 4) is 0 Å². The zero-order chi connectivity index (χ0) is 20.5. The van der Waals surface area contributed by atoms with Crippen molar-refractivity contribution >= 4 is 24.0 Å². The molecule has 0 spiro atoms. The van der Waals surface area contributed by atoms with Gasteiger partial charge in [0, 0.05) is 0 Å². The summed E-state index contributed by atoms with van der Waals surface area (Å²) in [5, 5.41) is 12.2. The molecular weight excluding hydrogens is 360 g/mol. The first kappa shape index (κ1) is 25.2. The van der Waals surface area contributed by atoms with Crippen LogP contribution in [0.5, 0.6) is 0 Å². The van der Waals surface area contributed by atoms with Gasteiger partial charge in [-0.1, -0.05) is 60.4 Å². The molecule has 0 radical (unpaired) electrons. The normalized spacial score (nSPS) is 14.4. The Kier molecular flexibility index (Phi) is 11.4. The molecule has 0 amide bonds. The summed E-state index contributed by atoms with van der Waals surface area (Å²) in [6.07, 6.45) is -0.523. The highest BCUT2D eigenvalue weighted by Crippen LogP contribution is 2.39. The van der Waals surface area contributed by atoms with Crippen molar-refractivity contribution in [2.45, 2.75) is 72.7 Å². The molecule has 0 rings (SSSR count). The van der Waals surface area contributed by atoms with Gasteiger partial charge in [0.1, 0.15) is 6.10 Å². The minimum absolute atomic E-state index is 0.141. The lowest BCUT2D eigenvalue weighted by molar-refractivity contribution is -0.432. The maximum atomic E-state index is 12.7. The summed E-state index contributed by atoms with van der Waals surface area (Å²) < 4.78 is 14.1. The number of rotatable bonds is 12. The standard InChI is InChI=1S/C18H34O7S/c1-11(2)10-22-17(20)18(14(7)8,26-25-24-21)9-15(19)23-16(12(3)4)13(5)6/h11-14,16,21H,9-10H2,1-8H3. The summed E-state index contributed by atoms with van der Waals surface area (Å²) in [6.45, 7) is 15.5. The van der Waals surface area contributed by atoms with Crippen molar-refractivity contribution in [3.05, 3.63) is 0 Å². The van der Waals surface area contributed by atoms with E-state index in [1.54, 1.807) is 13.8 Å². The highest BCUT2D eigenvalue weighted by molar-refractivity contribution is 7.96. The molecule has 0 saturated carbocycles. The smallest absolute Gasteiger partial charge is 0.325 e. The van der Waals surface area contributed by atoms with Crippen LogP contribution in [0.4, 0.5) is 0 Å². The molecule has 154 valence electrons. The fraction of sp³-hybridized carbons (Fsp3) is 0.889. The Balaban J connectivity index is 5.43. The lowest BCUT2D eigenvalue weighted by Gasteiger charge is -2.33. The van der Waals surface area contributed by atoms with Gasteiger partial charge in [-0.2, -0.15) is 0 Å². The molecule has 0 heterocycles. The van der Waals surface area contributed by atoms with Crippen LogP contribution in [0.25, 0.3) is 0 Å². The molecule has 1 atom stereocenters. The summed E-state index contributed by atoms with van der Waals surface area (Å²) in [6, 6.07) is 0. The molecule has 0 aromatic carbocycles. The second kappa shape index (κ2) is 11.8. The highest BCUT2D eigenvalue weighted by Gasteiger charge is 2.48. The second-order valence-corrected chi connectivity index (χ2v) is 8.91. The number of ether oxygens (including phenoxy) is 2. The van der Waals surface area contributed by atoms with Crippen molar-refractivity contribution < 1.29 is 33.7 Å². The van der Waals surface area contributed by atoms with Crippen LogP contribution < -0.4 is 0 Å². The van der Waals surface area contributed by atoms with Gasteiger partial charge in [-0.25, -0.2) is 5.26 Å². The van der Waals surface area contributed by atoms with Crippen molar-refractivity contribution in [2.24, 2.45) is 23.7 Å². The topological polar surface area (TPSA) is 91.3 Å². The zero-order valence-electron chi connectivity index (χ0n) is 17.1. The van der Waals surface area contributed by atoms with E-state index >= 15 is 0 Å². The number of hydrogen-bond donors (Lipinski definition) is 1. The maximum absolute atomic E-state index is 12.7. The highest BCUT2D eigenvalue weighted by atomic mass is 32.2. The summed E-state index contributed by atoms with van der Waals surface area (Å²) >= 11 is 0.561. The average molecular weight is 395 g/mol. The van der Waals surface area contributed by atoms with Gasteiger partial charge < -0.3 is 9.47 Å². The fourth-order valence-electron chi connectivity index (χ4n) is 2.56. The van der Waals surface area contributed by atoms with Gasteiger partial charge in [0.05, 0.1) is 25.1 Å². The largest absolute Gasteiger partial charge is 0.464 e. The molecule has 0 aliphatic carbocycles. The van der Waals surface area contributed by atoms with Crippen LogP contribution in [-0.4, -0.2) is 34.7 Å². The van der Waals surface area contributed by atoms with Gasteiger partial charge in [-0.3, -0.25) is 9.59 Å². The molecule has 0 aliphatic rings. The van der Waals surface area contributed by atoms with Crippen molar-refractivity contribution in [3.63, 3.8) is 0 Å². The van der Waals surface area contributed by atoms with Crippen molar-refractivity contribution in [2.75, 3.05) is 6.61 Å². The van der Waals surface area contributed by atoms with Crippen LogP contribution in [0, 0.1) is 23.7 Å². The molecule has 1 N–H and O–H groups in total. The Labute approximate surface area is 161 Å². The zero-order valence-corrected chi connectivity index (χ0v) is 17.9. The first-order valence-electron chi connectivity index (χ1n) is 9.00.